The number of hydrogen-bond acceptors (Lipinski definition) is 5. The fourth-order valence-corrected chi connectivity index (χ4v) is 4.86. The highest BCUT2D eigenvalue weighted by atomic mass is 32.1. The SMILES string of the molecule is CN(C)CCCNc1nc(-c2ccccc2)nc2sc3c(c12)CCCC3. The van der Waals surface area contributed by atoms with E-state index in [1.54, 1.807) is 0 Å². The van der Waals surface area contributed by atoms with E-state index in [2.05, 4.69) is 36.4 Å². The molecule has 1 aliphatic carbocycles. The molecule has 0 unspecified atom stereocenters. The average molecular weight is 367 g/mol. The van der Waals surface area contributed by atoms with E-state index < -0.39 is 0 Å². The zero-order valence-corrected chi connectivity index (χ0v) is 16.4. The van der Waals surface area contributed by atoms with Crippen LogP contribution in [0.4, 0.5) is 5.82 Å². The van der Waals surface area contributed by atoms with Gasteiger partial charge in [0.1, 0.15) is 10.6 Å². The molecule has 0 radical (unpaired) electrons. The van der Waals surface area contributed by atoms with E-state index in [-0.39, 0.29) is 0 Å². The Kier molecular flexibility index (Phi) is 5.18. The third kappa shape index (κ3) is 3.60. The summed E-state index contributed by atoms with van der Waals surface area (Å²) < 4.78 is 0. The zero-order valence-electron chi connectivity index (χ0n) is 15.6. The summed E-state index contributed by atoms with van der Waals surface area (Å²) >= 11 is 1.87. The lowest BCUT2D eigenvalue weighted by atomic mass is 9.97. The van der Waals surface area contributed by atoms with Crippen molar-refractivity contribution in [1.82, 2.24) is 14.9 Å². The average Bonchev–Trinajstić information content (AvgIpc) is 3.04. The van der Waals surface area contributed by atoms with Crippen LogP contribution in [0.15, 0.2) is 30.3 Å². The van der Waals surface area contributed by atoms with Gasteiger partial charge in [-0.3, -0.25) is 0 Å². The Morgan fingerprint density at radius 1 is 1.08 bits per heavy atom. The van der Waals surface area contributed by atoms with Gasteiger partial charge in [-0.1, -0.05) is 30.3 Å². The van der Waals surface area contributed by atoms with Crippen LogP contribution in [-0.4, -0.2) is 42.1 Å². The monoisotopic (exact) mass is 366 g/mol. The minimum atomic E-state index is 0.826. The van der Waals surface area contributed by atoms with E-state index in [1.807, 2.05) is 29.5 Å². The highest BCUT2D eigenvalue weighted by Gasteiger charge is 2.21. The molecular weight excluding hydrogens is 340 g/mol. The van der Waals surface area contributed by atoms with E-state index in [0.29, 0.717) is 0 Å². The minimum Gasteiger partial charge on any atom is -0.369 e. The summed E-state index contributed by atoms with van der Waals surface area (Å²) in [7, 11) is 4.23. The highest BCUT2D eigenvalue weighted by molar-refractivity contribution is 7.19. The fourth-order valence-electron chi connectivity index (χ4n) is 3.60. The van der Waals surface area contributed by atoms with Crippen molar-refractivity contribution in [2.75, 3.05) is 32.5 Å². The lowest BCUT2D eigenvalue weighted by molar-refractivity contribution is 0.405. The Hall–Kier alpha value is -1.98. The molecular formula is C21H26N4S. The van der Waals surface area contributed by atoms with Crippen molar-refractivity contribution in [1.29, 1.82) is 0 Å². The number of fused-ring (bicyclic) bond motifs is 3. The van der Waals surface area contributed by atoms with Crippen molar-refractivity contribution < 1.29 is 0 Å². The fraction of sp³-hybridized carbons (Fsp3) is 0.429. The molecule has 0 amide bonds. The Morgan fingerprint density at radius 3 is 2.69 bits per heavy atom. The standard InChI is InChI=1S/C21H26N4S/c1-25(2)14-8-13-22-20-18-16-11-6-7-12-17(16)26-21(18)24-19(23-20)15-9-4-3-5-10-15/h3-5,9-10H,6-8,11-14H2,1-2H3,(H,22,23,24). The van der Waals surface area contributed by atoms with Crippen LogP contribution in [0.25, 0.3) is 21.6 Å². The second-order valence-corrected chi connectivity index (χ2v) is 8.32. The maximum absolute atomic E-state index is 4.94. The maximum Gasteiger partial charge on any atom is 0.163 e. The molecule has 1 aromatic carbocycles. The minimum absolute atomic E-state index is 0.826. The van der Waals surface area contributed by atoms with Crippen LogP contribution in [0, 0.1) is 0 Å². The van der Waals surface area contributed by atoms with Gasteiger partial charge in [0.25, 0.3) is 0 Å². The third-order valence-electron chi connectivity index (χ3n) is 4.92. The molecule has 2 heterocycles. The van der Waals surface area contributed by atoms with E-state index in [9.17, 15) is 0 Å². The summed E-state index contributed by atoms with van der Waals surface area (Å²) in [6, 6.07) is 10.3. The van der Waals surface area contributed by atoms with Gasteiger partial charge in [-0.25, -0.2) is 9.97 Å². The van der Waals surface area contributed by atoms with Crippen molar-refractivity contribution in [3.63, 3.8) is 0 Å². The molecule has 4 rings (SSSR count). The molecule has 4 nitrogen and oxygen atoms in total. The highest BCUT2D eigenvalue weighted by Crippen LogP contribution is 2.39. The van der Waals surface area contributed by atoms with Crippen molar-refractivity contribution in [3.05, 3.63) is 40.8 Å². The van der Waals surface area contributed by atoms with Crippen LogP contribution in [-0.2, 0) is 12.8 Å². The molecule has 2 aromatic heterocycles. The number of hydrogen-bond donors (Lipinski definition) is 1. The van der Waals surface area contributed by atoms with Gasteiger partial charge >= 0.3 is 0 Å². The van der Waals surface area contributed by atoms with Crippen LogP contribution < -0.4 is 5.32 Å². The van der Waals surface area contributed by atoms with Gasteiger partial charge < -0.3 is 10.2 Å². The first-order chi connectivity index (χ1) is 12.7. The number of aromatic nitrogens is 2. The molecule has 0 bridgehead atoms. The zero-order chi connectivity index (χ0) is 17.9. The first-order valence-electron chi connectivity index (χ1n) is 9.48. The molecule has 1 aliphatic rings. The Labute approximate surface area is 159 Å². The van der Waals surface area contributed by atoms with Crippen molar-refractivity contribution in [2.45, 2.75) is 32.1 Å². The van der Waals surface area contributed by atoms with Gasteiger partial charge in [0.05, 0.1) is 5.39 Å². The number of rotatable bonds is 6. The van der Waals surface area contributed by atoms with Crippen molar-refractivity contribution >= 4 is 27.4 Å². The van der Waals surface area contributed by atoms with Crippen LogP contribution >= 0.6 is 11.3 Å². The summed E-state index contributed by atoms with van der Waals surface area (Å²) in [6.07, 6.45) is 6.03. The van der Waals surface area contributed by atoms with Crippen molar-refractivity contribution in [2.24, 2.45) is 0 Å². The summed E-state index contributed by atoms with van der Waals surface area (Å²) in [5.41, 5.74) is 2.57. The molecule has 0 saturated heterocycles. The van der Waals surface area contributed by atoms with E-state index >= 15 is 0 Å². The van der Waals surface area contributed by atoms with Crippen LogP contribution in [0.5, 0.6) is 0 Å². The predicted octanol–water partition coefficient (Wildman–Crippen LogP) is 4.60. The van der Waals surface area contributed by atoms with E-state index in [1.165, 1.54) is 35.1 Å². The van der Waals surface area contributed by atoms with Gasteiger partial charge in [-0.05, 0) is 58.3 Å². The topological polar surface area (TPSA) is 41.0 Å². The molecule has 0 atom stereocenters. The molecule has 0 saturated carbocycles. The van der Waals surface area contributed by atoms with Crippen LogP contribution in [0.1, 0.15) is 29.7 Å². The number of anilines is 1. The second-order valence-electron chi connectivity index (χ2n) is 7.24. The molecule has 0 aliphatic heterocycles. The van der Waals surface area contributed by atoms with E-state index in [4.69, 9.17) is 9.97 Å². The quantitative estimate of drug-likeness (QED) is 0.647. The Bertz CT molecular complexity index is 886. The Morgan fingerprint density at radius 2 is 1.88 bits per heavy atom. The normalized spacial score (nSPS) is 14.0. The van der Waals surface area contributed by atoms with Gasteiger partial charge in [0.15, 0.2) is 5.82 Å². The molecule has 1 N–H and O–H groups in total. The predicted molar refractivity (Wildman–Crippen MR) is 111 cm³/mol. The lowest BCUT2D eigenvalue weighted by Crippen LogP contribution is -2.17. The first kappa shape index (κ1) is 17.4. The lowest BCUT2D eigenvalue weighted by Gasteiger charge is -2.14. The maximum atomic E-state index is 4.94. The molecule has 0 fully saturated rings. The van der Waals surface area contributed by atoms with Gasteiger partial charge in [-0.15, -0.1) is 11.3 Å². The second kappa shape index (κ2) is 7.72. The molecule has 26 heavy (non-hydrogen) atoms. The Balaban J connectivity index is 1.73. The molecule has 5 heteroatoms. The molecule has 3 aromatic rings. The largest absolute Gasteiger partial charge is 0.369 e. The van der Waals surface area contributed by atoms with Gasteiger partial charge in [-0.2, -0.15) is 0 Å². The van der Waals surface area contributed by atoms with Crippen LogP contribution in [0.2, 0.25) is 0 Å². The number of nitrogens with one attached hydrogen (secondary N) is 1. The summed E-state index contributed by atoms with van der Waals surface area (Å²) in [6.45, 7) is 2.01. The smallest absolute Gasteiger partial charge is 0.163 e. The molecule has 136 valence electrons. The number of thiophene rings is 1. The summed E-state index contributed by atoms with van der Waals surface area (Å²) in [5, 5.41) is 4.89. The number of benzene rings is 1. The summed E-state index contributed by atoms with van der Waals surface area (Å²) in [5.74, 6) is 1.85. The van der Waals surface area contributed by atoms with E-state index in [0.717, 1.165) is 48.0 Å². The van der Waals surface area contributed by atoms with Crippen molar-refractivity contribution in [3.8, 4) is 11.4 Å². The molecule has 0 spiro atoms. The third-order valence-corrected chi connectivity index (χ3v) is 6.11. The number of aryl methyl sites for hydroxylation is 2. The van der Waals surface area contributed by atoms with Gasteiger partial charge in [0.2, 0.25) is 0 Å². The summed E-state index contributed by atoms with van der Waals surface area (Å²) in [4.78, 5) is 14.7. The van der Waals surface area contributed by atoms with Gasteiger partial charge in [0, 0.05) is 17.0 Å². The van der Waals surface area contributed by atoms with Crippen LogP contribution in [0.3, 0.4) is 0 Å². The first-order valence-corrected chi connectivity index (χ1v) is 10.3. The number of nitrogens with zero attached hydrogens (tertiary/aromatic N) is 3.